The third kappa shape index (κ3) is 3.20. The number of carboxylic acid groups (broad SMARTS) is 1. The molecule has 0 amide bonds. The predicted molar refractivity (Wildman–Crippen MR) is 75.9 cm³/mol. The van der Waals surface area contributed by atoms with E-state index in [1.165, 1.54) is 5.56 Å². The Hall–Kier alpha value is -2.13. The molecule has 0 aromatic heterocycles. The lowest BCUT2D eigenvalue weighted by Crippen LogP contribution is -2.32. The van der Waals surface area contributed by atoms with E-state index in [1.54, 1.807) is 0 Å². The fourth-order valence-electron chi connectivity index (χ4n) is 2.10. The van der Waals surface area contributed by atoms with Crippen LogP contribution in [0.15, 0.2) is 48.5 Å². The molecule has 0 spiro atoms. The quantitative estimate of drug-likeness (QED) is 0.882. The smallest absolute Gasteiger partial charge is 0.320 e. The minimum absolute atomic E-state index is 0.342. The standard InChI is InChI=1S/C16H17NO2/c1-11-5-2-3-8-14(11)13-7-4-6-12(9-13)10-15(17)16(18)19/h2-9,15H,10,17H2,1H3,(H,18,19). The number of hydrogen-bond acceptors (Lipinski definition) is 2. The minimum Gasteiger partial charge on any atom is -0.480 e. The second-order valence-electron chi connectivity index (χ2n) is 4.66. The van der Waals surface area contributed by atoms with Crippen molar-refractivity contribution in [3.05, 3.63) is 59.7 Å². The summed E-state index contributed by atoms with van der Waals surface area (Å²) in [6.45, 7) is 2.06. The van der Waals surface area contributed by atoms with Gasteiger partial charge in [0.2, 0.25) is 0 Å². The molecule has 3 heteroatoms. The molecule has 0 aliphatic heterocycles. The van der Waals surface area contributed by atoms with Crippen LogP contribution >= 0.6 is 0 Å². The normalized spacial score (nSPS) is 12.1. The van der Waals surface area contributed by atoms with Crippen LogP contribution in [0.3, 0.4) is 0 Å². The third-order valence-corrected chi connectivity index (χ3v) is 3.16. The highest BCUT2D eigenvalue weighted by Crippen LogP contribution is 2.24. The van der Waals surface area contributed by atoms with Crippen LogP contribution in [0.2, 0.25) is 0 Å². The lowest BCUT2D eigenvalue weighted by atomic mass is 9.97. The van der Waals surface area contributed by atoms with E-state index >= 15 is 0 Å². The molecule has 0 bridgehead atoms. The summed E-state index contributed by atoms with van der Waals surface area (Å²) in [5.41, 5.74) is 9.96. The number of aliphatic carboxylic acids is 1. The van der Waals surface area contributed by atoms with Crippen LogP contribution < -0.4 is 5.73 Å². The van der Waals surface area contributed by atoms with Crippen LogP contribution in [0.4, 0.5) is 0 Å². The van der Waals surface area contributed by atoms with Gasteiger partial charge in [-0.3, -0.25) is 4.79 Å². The van der Waals surface area contributed by atoms with Crippen LogP contribution in [-0.2, 0) is 11.2 Å². The maximum Gasteiger partial charge on any atom is 0.320 e. The molecular weight excluding hydrogens is 238 g/mol. The van der Waals surface area contributed by atoms with E-state index in [9.17, 15) is 4.79 Å². The van der Waals surface area contributed by atoms with Gasteiger partial charge in [-0.1, -0.05) is 48.5 Å². The van der Waals surface area contributed by atoms with Gasteiger partial charge in [-0.2, -0.15) is 0 Å². The first-order valence-corrected chi connectivity index (χ1v) is 6.21. The summed E-state index contributed by atoms with van der Waals surface area (Å²) in [6.07, 6.45) is 0.342. The van der Waals surface area contributed by atoms with Crippen molar-refractivity contribution in [1.29, 1.82) is 0 Å². The van der Waals surface area contributed by atoms with E-state index in [1.807, 2.05) is 36.4 Å². The topological polar surface area (TPSA) is 63.3 Å². The molecule has 19 heavy (non-hydrogen) atoms. The molecule has 0 aliphatic rings. The van der Waals surface area contributed by atoms with Gasteiger partial charge in [-0.15, -0.1) is 0 Å². The van der Waals surface area contributed by atoms with Crippen LogP contribution in [-0.4, -0.2) is 17.1 Å². The van der Waals surface area contributed by atoms with Crippen LogP contribution in [0, 0.1) is 6.92 Å². The Morgan fingerprint density at radius 3 is 2.63 bits per heavy atom. The van der Waals surface area contributed by atoms with E-state index in [-0.39, 0.29) is 0 Å². The molecule has 3 nitrogen and oxygen atoms in total. The van der Waals surface area contributed by atoms with E-state index in [0.717, 1.165) is 16.7 Å². The van der Waals surface area contributed by atoms with E-state index in [4.69, 9.17) is 10.8 Å². The summed E-state index contributed by atoms with van der Waals surface area (Å²) in [5, 5.41) is 8.85. The first-order chi connectivity index (χ1) is 9.08. The van der Waals surface area contributed by atoms with Crippen LogP contribution in [0.5, 0.6) is 0 Å². The van der Waals surface area contributed by atoms with Crippen molar-refractivity contribution in [1.82, 2.24) is 0 Å². The largest absolute Gasteiger partial charge is 0.480 e. The number of nitrogens with two attached hydrogens (primary N) is 1. The van der Waals surface area contributed by atoms with E-state index < -0.39 is 12.0 Å². The van der Waals surface area contributed by atoms with Gasteiger partial charge in [0.1, 0.15) is 6.04 Å². The van der Waals surface area contributed by atoms with Crippen molar-refractivity contribution in [3.63, 3.8) is 0 Å². The summed E-state index contributed by atoms with van der Waals surface area (Å²) < 4.78 is 0. The fraction of sp³-hybridized carbons (Fsp3) is 0.188. The highest BCUT2D eigenvalue weighted by atomic mass is 16.4. The Labute approximate surface area is 112 Å². The van der Waals surface area contributed by atoms with Crippen molar-refractivity contribution in [2.75, 3.05) is 0 Å². The highest BCUT2D eigenvalue weighted by molar-refractivity contribution is 5.74. The molecule has 2 rings (SSSR count). The lowest BCUT2D eigenvalue weighted by Gasteiger charge is -2.10. The summed E-state index contributed by atoms with van der Waals surface area (Å²) in [5.74, 6) is -0.971. The molecule has 2 aromatic rings. The second kappa shape index (κ2) is 5.67. The zero-order valence-corrected chi connectivity index (χ0v) is 10.8. The zero-order valence-electron chi connectivity index (χ0n) is 10.8. The minimum atomic E-state index is -0.971. The molecule has 1 atom stereocenters. The number of carboxylic acids is 1. The molecule has 1 unspecified atom stereocenters. The second-order valence-corrected chi connectivity index (χ2v) is 4.66. The van der Waals surface area contributed by atoms with Gasteiger partial charge < -0.3 is 10.8 Å². The molecule has 2 aromatic carbocycles. The molecular formula is C16H17NO2. The Bertz CT molecular complexity index is 593. The maximum atomic E-state index is 10.8. The SMILES string of the molecule is Cc1ccccc1-c1cccc(CC(N)C(=O)O)c1. The Morgan fingerprint density at radius 2 is 1.95 bits per heavy atom. The zero-order chi connectivity index (χ0) is 13.8. The van der Waals surface area contributed by atoms with Crippen molar-refractivity contribution >= 4 is 5.97 Å². The van der Waals surface area contributed by atoms with E-state index in [2.05, 4.69) is 19.1 Å². The fourth-order valence-corrected chi connectivity index (χ4v) is 2.10. The number of rotatable bonds is 4. The van der Waals surface area contributed by atoms with Gasteiger partial charge in [0.05, 0.1) is 0 Å². The van der Waals surface area contributed by atoms with Crippen molar-refractivity contribution in [3.8, 4) is 11.1 Å². The van der Waals surface area contributed by atoms with Gasteiger partial charge >= 0.3 is 5.97 Å². The highest BCUT2D eigenvalue weighted by Gasteiger charge is 2.12. The molecule has 98 valence electrons. The van der Waals surface area contributed by atoms with Gasteiger partial charge in [0, 0.05) is 0 Å². The van der Waals surface area contributed by atoms with Crippen LogP contribution in [0.25, 0.3) is 11.1 Å². The Morgan fingerprint density at radius 1 is 1.21 bits per heavy atom. The Kier molecular flexibility index (Phi) is 3.97. The predicted octanol–water partition coefficient (Wildman–Crippen LogP) is 2.62. The van der Waals surface area contributed by atoms with Crippen LogP contribution in [0.1, 0.15) is 11.1 Å². The summed E-state index contributed by atoms with van der Waals surface area (Å²) in [4.78, 5) is 10.8. The van der Waals surface area contributed by atoms with Gasteiger partial charge in [-0.25, -0.2) is 0 Å². The monoisotopic (exact) mass is 255 g/mol. The number of benzene rings is 2. The molecule has 3 N–H and O–H groups in total. The molecule has 0 radical (unpaired) electrons. The summed E-state index contributed by atoms with van der Waals surface area (Å²) in [6, 6.07) is 15.1. The van der Waals surface area contributed by atoms with Crippen molar-refractivity contribution in [2.45, 2.75) is 19.4 Å². The summed E-state index contributed by atoms with van der Waals surface area (Å²) >= 11 is 0. The number of hydrogen-bond donors (Lipinski definition) is 2. The third-order valence-electron chi connectivity index (χ3n) is 3.16. The average Bonchev–Trinajstić information content (AvgIpc) is 2.39. The van der Waals surface area contributed by atoms with E-state index in [0.29, 0.717) is 6.42 Å². The molecule has 0 fully saturated rings. The molecule has 0 saturated carbocycles. The molecule has 0 heterocycles. The van der Waals surface area contributed by atoms with Gasteiger partial charge in [0.15, 0.2) is 0 Å². The average molecular weight is 255 g/mol. The summed E-state index contributed by atoms with van der Waals surface area (Å²) in [7, 11) is 0. The first kappa shape index (κ1) is 13.3. The lowest BCUT2D eigenvalue weighted by molar-refractivity contribution is -0.138. The Balaban J connectivity index is 2.30. The first-order valence-electron chi connectivity index (χ1n) is 6.21. The molecule has 0 aliphatic carbocycles. The van der Waals surface area contributed by atoms with Crippen molar-refractivity contribution < 1.29 is 9.90 Å². The van der Waals surface area contributed by atoms with Gasteiger partial charge in [-0.05, 0) is 35.6 Å². The number of aryl methyl sites for hydroxylation is 1. The molecule has 0 saturated heterocycles. The number of carbonyl (C=O) groups is 1. The maximum absolute atomic E-state index is 10.8. The van der Waals surface area contributed by atoms with Crippen molar-refractivity contribution in [2.24, 2.45) is 5.73 Å². The van der Waals surface area contributed by atoms with Gasteiger partial charge in [0.25, 0.3) is 0 Å².